The van der Waals surface area contributed by atoms with Crippen LogP contribution in [0.5, 0.6) is 11.5 Å². The average Bonchev–Trinajstić information content (AvgIpc) is 4.11. The summed E-state index contributed by atoms with van der Waals surface area (Å²) in [5, 5.41) is 5.43. The highest BCUT2D eigenvalue weighted by molar-refractivity contribution is 7.98. The van der Waals surface area contributed by atoms with Crippen LogP contribution in [0.4, 0.5) is 22.4 Å². The molecule has 8 rings (SSSR count). The minimum atomic E-state index is -5.12. The molecule has 4 amide bonds. The molecule has 2 saturated heterocycles. The Labute approximate surface area is 344 Å². The zero-order valence-electron chi connectivity index (χ0n) is 34.0. The van der Waals surface area contributed by atoms with Gasteiger partial charge >= 0.3 is 12.3 Å². The molecule has 2 aromatic rings. The molecule has 1 aromatic carbocycles. The Morgan fingerprint density at radius 2 is 1.83 bits per heavy atom. The Kier molecular flexibility index (Phi) is 9.75. The molecular formula is C41H49F4N5O9S. The molecular weight excluding hydrogens is 815 g/mol. The van der Waals surface area contributed by atoms with E-state index in [1.54, 1.807) is 26.8 Å². The highest BCUT2D eigenvalue weighted by Gasteiger charge is 2.83. The molecule has 1 aromatic heterocycles. The summed E-state index contributed by atoms with van der Waals surface area (Å²) in [5.41, 5.74) is -9.12. The summed E-state index contributed by atoms with van der Waals surface area (Å²) in [6.07, 6.45) is -0.827. The summed E-state index contributed by atoms with van der Waals surface area (Å²) in [6.45, 7) is 5.80. The van der Waals surface area contributed by atoms with Crippen molar-refractivity contribution in [2.24, 2.45) is 5.92 Å². The van der Waals surface area contributed by atoms with Crippen molar-refractivity contribution in [3.8, 4) is 11.5 Å². The van der Waals surface area contributed by atoms with Crippen LogP contribution in [0.15, 0.2) is 30.4 Å². The smallest absolute Gasteiger partial charge is 0.437 e. The summed E-state index contributed by atoms with van der Waals surface area (Å²) < 4.78 is 107. The fourth-order valence-electron chi connectivity index (χ4n) is 9.44. The van der Waals surface area contributed by atoms with E-state index in [-0.39, 0.29) is 54.3 Å². The fourth-order valence-corrected chi connectivity index (χ4v) is 11.5. The summed E-state index contributed by atoms with van der Waals surface area (Å²) in [7, 11) is -2.55. The van der Waals surface area contributed by atoms with Gasteiger partial charge in [0.1, 0.15) is 40.2 Å². The number of nitrogens with zero attached hydrogens (tertiary/aromatic N) is 3. The van der Waals surface area contributed by atoms with Crippen molar-refractivity contribution in [2.75, 3.05) is 13.7 Å². The van der Waals surface area contributed by atoms with Crippen LogP contribution in [-0.4, -0.2) is 93.8 Å². The molecule has 19 heteroatoms. The number of ether oxygens (including phenoxy) is 3. The van der Waals surface area contributed by atoms with Gasteiger partial charge in [-0.2, -0.15) is 13.2 Å². The van der Waals surface area contributed by atoms with Crippen LogP contribution in [0.2, 0.25) is 0 Å². The predicted molar refractivity (Wildman–Crippen MR) is 207 cm³/mol. The monoisotopic (exact) mass is 863 g/mol. The number of allylic oxidation sites excluding steroid dienone is 1. The highest BCUT2D eigenvalue weighted by Crippen LogP contribution is 2.65. The molecule has 2 saturated carbocycles. The van der Waals surface area contributed by atoms with Crippen molar-refractivity contribution in [3.05, 3.63) is 41.6 Å². The molecule has 5 heterocycles. The third-order valence-electron chi connectivity index (χ3n) is 12.7. The second-order valence-corrected chi connectivity index (χ2v) is 20.1. The standard InChI is InChI=1S/C41H49F4N5O9S/c1-6-38(42)21-37(58-30-29(38)25-18-24(57-5)14-15-26(25)46-31(30)41(43,44)45)20-28-32(51)48-40(34(53)50-39(16-17-39)60(50,55)56)19-23(40)12-10-8-7-9-11-13-27(33(52)49(28)22-37)47-35(54)59-36(2,3)4/h10,12,14-15,18,23,27-28H,6-9,11,13,16-17,19-22H2,1-5H3,(H,47,54)(H,48,51)/b12-10-/t23-,27+,28+,37+,38-,40-,50?/m1/s1. The lowest BCUT2D eigenvalue weighted by Crippen LogP contribution is -2.57. The Balaban J connectivity index is 1.23. The minimum absolute atomic E-state index is 0.0339. The van der Waals surface area contributed by atoms with Crippen molar-refractivity contribution in [3.63, 3.8) is 0 Å². The maximum absolute atomic E-state index is 17.9. The van der Waals surface area contributed by atoms with E-state index in [1.807, 2.05) is 6.08 Å². The zero-order chi connectivity index (χ0) is 43.4. The number of carbonyl (C=O) groups excluding carboxylic acids is 4. The molecule has 2 aliphatic carbocycles. The zero-order valence-corrected chi connectivity index (χ0v) is 34.9. The molecule has 6 atom stereocenters. The predicted octanol–water partition coefficient (Wildman–Crippen LogP) is 5.91. The van der Waals surface area contributed by atoms with Gasteiger partial charge in [0.25, 0.3) is 15.9 Å². The Morgan fingerprint density at radius 1 is 1.10 bits per heavy atom. The fraction of sp³-hybridized carbons (Fsp3) is 0.634. The minimum Gasteiger partial charge on any atom is -0.497 e. The van der Waals surface area contributed by atoms with Crippen LogP contribution in [-0.2, 0) is 41.0 Å². The first-order valence-electron chi connectivity index (χ1n) is 20.4. The molecule has 4 aliphatic heterocycles. The molecule has 2 spiro atoms. The van der Waals surface area contributed by atoms with Gasteiger partial charge in [-0.3, -0.25) is 14.4 Å². The third-order valence-corrected chi connectivity index (χ3v) is 15.1. The van der Waals surface area contributed by atoms with Gasteiger partial charge in [0.2, 0.25) is 11.8 Å². The largest absolute Gasteiger partial charge is 0.497 e. The molecule has 6 aliphatic rings. The Morgan fingerprint density at radius 3 is 2.47 bits per heavy atom. The van der Waals surface area contributed by atoms with Gasteiger partial charge in [0, 0.05) is 29.7 Å². The third kappa shape index (κ3) is 6.91. The topological polar surface area (TPSA) is 173 Å². The van der Waals surface area contributed by atoms with Gasteiger partial charge in [-0.25, -0.2) is 26.9 Å². The van der Waals surface area contributed by atoms with E-state index in [9.17, 15) is 40.8 Å². The van der Waals surface area contributed by atoms with Crippen molar-refractivity contribution < 1.29 is 59.4 Å². The number of hydrogen-bond donors (Lipinski definition) is 2. The SMILES string of the molecule is CC[C@@]1(F)C[C@]2(C[C@H]3C(=O)N[C@]4(C(=O)N5C6(CC6)S5(=O)=O)C[C@H]4/C=C\CCCCC[C@H](NC(=O)OC(C)(C)C)C(=O)N3C2)Oc2c(C(F)(F)F)nc3ccc(OC)cc3c21. The molecule has 0 unspecified atom stereocenters. The van der Waals surface area contributed by atoms with Gasteiger partial charge in [-0.05, 0) is 83.9 Å². The second kappa shape index (κ2) is 13.9. The number of halogens is 4. The number of alkyl halides is 4. The van der Waals surface area contributed by atoms with Crippen LogP contribution in [0, 0.1) is 5.92 Å². The highest BCUT2D eigenvalue weighted by atomic mass is 32.2. The van der Waals surface area contributed by atoms with E-state index in [4.69, 9.17) is 14.2 Å². The number of nitrogens with one attached hydrogen (secondary N) is 2. The number of carbonyl (C=O) groups is 4. The maximum atomic E-state index is 17.9. The number of sulfonamides is 1. The number of methoxy groups -OCH3 is 1. The van der Waals surface area contributed by atoms with Crippen LogP contribution < -0.4 is 20.1 Å². The molecule has 0 bridgehead atoms. The van der Waals surface area contributed by atoms with E-state index < -0.39 is 116 Å². The van der Waals surface area contributed by atoms with Crippen LogP contribution >= 0.6 is 0 Å². The van der Waals surface area contributed by atoms with E-state index in [1.165, 1.54) is 32.2 Å². The number of pyridine rings is 1. The van der Waals surface area contributed by atoms with Crippen molar-refractivity contribution in [2.45, 2.75) is 144 Å². The lowest BCUT2D eigenvalue weighted by molar-refractivity contribution is -0.146. The number of benzene rings is 1. The van der Waals surface area contributed by atoms with Crippen LogP contribution in [0.3, 0.4) is 0 Å². The van der Waals surface area contributed by atoms with E-state index >= 15 is 4.39 Å². The maximum Gasteiger partial charge on any atom is 0.437 e. The first-order valence-corrected chi connectivity index (χ1v) is 21.8. The van der Waals surface area contributed by atoms with Crippen molar-refractivity contribution in [1.29, 1.82) is 0 Å². The first-order chi connectivity index (χ1) is 28.0. The van der Waals surface area contributed by atoms with Crippen molar-refractivity contribution >= 4 is 44.7 Å². The van der Waals surface area contributed by atoms with Gasteiger partial charge in [-0.1, -0.05) is 31.9 Å². The lowest BCUT2D eigenvalue weighted by atomic mass is 9.76. The summed E-state index contributed by atoms with van der Waals surface area (Å²) >= 11 is 0. The van der Waals surface area contributed by atoms with E-state index in [0.717, 1.165) is 9.21 Å². The number of fused-ring (bicyclic) bond motifs is 5. The first kappa shape index (κ1) is 42.0. The van der Waals surface area contributed by atoms with Crippen LogP contribution in [0.25, 0.3) is 10.9 Å². The second-order valence-electron chi connectivity index (χ2n) is 18.1. The average molecular weight is 864 g/mol. The van der Waals surface area contributed by atoms with E-state index in [2.05, 4.69) is 15.6 Å². The molecule has 0 radical (unpaired) electrons. The number of rotatable bonds is 4. The number of alkyl carbamates (subject to hydrolysis) is 1. The molecule has 326 valence electrons. The van der Waals surface area contributed by atoms with Crippen LogP contribution in [0.1, 0.15) is 110 Å². The van der Waals surface area contributed by atoms with Gasteiger partial charge in [0.05, 0.1) is 19.2 Å². The Bertz CT molecular complexity index is 2310. The van der Waals surface area contributed by atoms with Gasteiger partial charge < -0.3 is 29.7 Å². The summed E-state index contributed by atoms with van der Waals surface area (Å²) in [6, 6.07) is 1.24. The quantitative estimate of drug-likeness (QED) is 0.214. The number of aromatic nitrogens is 1. The molecule has 4 fully saturated rings. The normalized spacial score (nSPS) is 32.4. The summed E-state index contributed by atoms with van der Waals surface area (Å²) in [4.78, 5) is 60.6. The van der Waals surface area contributed by atoms with Gasteiger partial charge in [0.15, 0.2) is 16.3 Å². The molecule has 14 nitrogen and oxygen atoms in total. The Hall–Kier alpha value is -4.68. The molecule has 60 heavy (non-hydrogen) atoms. The lowest BCUT2D eigenvalue weighted by Gasteiger charge is -2.44. The summed E-state index contributed by atoms with van der Waals surface area (Å²) in [5.74, 6) is -3.74. The molecule has 2 N–H and O–H groups in total. The van der Waals surface area contributed by atoms with Crippen molar-refractivity contribution in [1.82, 2.24) is 24.8 Å². The number of hydrogen-bond acceptors (Lipinski definition) is 10. The number of amides is 4. The van der Waals surface area contributed by atoms with Gasteiger partial charge in [-0.15, -0.1) is 0 Å². The van der Waals surface area contributed by atoms with E-state index in [0.29, 0.717) is 25.7 Å².